The van der Waals surface area contributed by atoms with Crippen LogP contribution in [0.1, 0.15) is 24.4 Å². The molecule has 134 valence electrons. The van der Waals surface area contributed by atoms with E-state index >= 15 is 0 Å². The summed E-state index contributed by atoms with van der Waals surface area (Å²) in [5.74, 6) is 0.454. The standard InChI is InChI=1S/C16H22F3N3O2/c1-22-9-7-12(8-10-22)20-15(23)21-14(16(17,18)19)11-3-5-13(24-2)6-4-11/h3-6,12,14H,7-10H2,1-2H3,(H2,20,21,23)/t14-/m0/s1. The average molecular weight is 345 g/mol. The van der Waals surface area contributed by atoms with E-state index in [1.54, 1.807) is 0 Å². The number of carbonyl (C=O) groups excluding carboxylic acids is 1. The van der Waals surface area contributed by atoms with Crippen LogP contribution < -0.4 is 15.4 Å². The molecule has 5 nitrogen and oxygen atoms in total. The number of rotatable bonds is 4. The third kappa shape index (κ3) is 5.02. The van der Waals surface area contributed by atoms with E-state index in [9.17, 15) is 18.0 Å². The van der Waals surface area contributed by atoms with Crippen LogP contribution in [0, 0.1) is 0 Å². The molecule has 0 saturated carbocycles. The van der Waals surface area contributed by atoms with Gasteiger partial charge in [-0.25, -0.2) is 4.79 Å². The van der Waals surface area contributed by atoms with Crippen LogP contribution in [0.3, 0.4) is 0 Å². The molecule has 1 aromatic rings. The largest absolute Gasteiger partial charge is 0.497 e. The van der Waals surface area contributed by atoms with E-state index in [0.717, 1.165) is 25.9 Å². The lowest BCUT2D eigenvalue weighted by molar-refractivity contribution is -0.155. The Bertz CT molecular complexity index is 540. The molecule has 0 unspecified atom stereocenters. The Hall–Kier alpha value is -1.96. The molecule has 1 aromatic carbocycles. The number of piperidine rings is 1. The zero-order valence-electron chi connectivity index (χ0n) is 13.7. The van der Waals surface area contributed by atoms with Crippen LogP contribution >= 0.6 is 0 Å². The van der Waals surface area contributed by atoms with Crippen molar-refractivity contribution in [3.05, 3.63) is 29.8 Å². The molecule has 2 amide bonds. The van der Waals surface area contributed by atoms with Gasteiger partial charge < -0.3 is 20.3 Å². The number of methoxy groups -OCH3 is 1. The molecular formula is C16H22F3N3O2. The Balaban J connectivity index is 2.01. The zero-order chi connectivity index (χ0) is 17.7. The van der Waals surface area contributed by atoms with Gasteiger partial charge in [0.05, 0.1) is 7.11 Å². The van der Waals surface area contributed by atoms with Crippen molar-refractivity contribution >= 4 is 6.03 Å². The summed E-state index contributed by atoms with van der Waals surface area (Å²) in [6.07, 6.45) is -3.13. The number of nitrogens with zero attached hydrogens (tertiary/aromatic N) is 1. The fraction of sp³-hybridized carbons (Fsp3) is 0.562. The second-order valence-electron chi connectivity index (χ2n) is 5.94. The molecule has 8 heteroatoms. The van der Waals surface area contributed by atoms with Gasteiger partial charge in [-0.2, -0.15) is 13.2 Å². The van der Waals surface area contributed by atoms with E-state index in [4.69, 9.17) is 4.74 Å². The Kier molecular flexibility index (Phi) is 5.93. The van der Waals surface area contributed by atoms with E-state index in [1.165, 1.54) is 31.4 Å². The van der Waals surface area contributed by atoms with Gasteiger partial charge in [0.1, 0.15) is 5.75 Å². The molecule has 0 aromatic heterocycles. The third-order valence-corrected chi connectivity index (χ3v) is 4.11. The van der Waals surface area contributed by atoms with E-state index in [0.29, 0.717) is 5.75 Å². The van der Waals surface area contributed by atoms with Gasteiger partial charge >= 0.3 is 12.2 Å². The number of alkyl halides is 3. The molecule has 2 N–H and O–H groups in total. The van der Waals surface area contributed by atoms with Crippen LogP contribution in [-0.2, 0) is 0 Å². The lowest BCUT2D eigenvalue weighted by Gasteiger charge is -2.30. The number of amides is 2. The van der Waals surface area contributed by atoms with Crippen LogP contribution in [0.15, 0.2) is 24.3 Å². The van der Waals surface area contributed by atoms with E-state index in [1.807, 2.05) is 12.4 Å². The maximum atomic E-state index is 13.3. The van der Waals surface area contributed by atoms with Crippen LogP contribution in [0.5, 0.6) is 5.75 Å². The summed E-state index contributed by atoms with van der Waals surface area (Å²) < 4.78 is 44.8. The van der Waals surface area contributed by atoms with Gasteiger partial charge in [0.15, 0.2) is 6.04 Å². The van der Waals surface area contributed by atoms with Gasteiger partial charge in [0, 0.05) is 6.04 Å². The van der Waals surface area contributed by atoms with Gasteiger partial charge in [-0.05, 0) is 50.7 Å². The summed E-state index contributed by atoms with van der Waals surface area (Å²) in [4.78, 5) is 14.1. The van der Waals surface area contributed by atoms with Crippen LogP contribution in [0.2, 0.25) is 0 Å². The first-order chi connectivity index (χ1) is 11.3. The number of carbonyl (C=O) groups is 1. The minimum atomic E-state index is -4.58. The van der Waals surface area contributed by atoms with Gasteiger partial charge in [0.2, 0.25) is 0 Å². The summed E-state index contributed by atoms with van der Waals surface area (Å²) in [7, 11) is 3.41. The summed E-state index contributed by atoms with van der Waals surface area (Å²) in [6, 6.07) is 2.50. The highest BCUT2D eigenvalue weighted by Crippen LogP contribution is 2.33. The first kappa shape index (κ1) is 18.4. The molecule has 0 spiro atoms. The Morgan fingerprint density at radius 3 is 2.33 bits per heavy atom. The van der Waals surface area contributed by atoms with E-state index in [-0.39, 0.29) is 11.6 Å². The molecule has 0 aliphatic carbocycles. The van der Waals surface area contributed by atoms with Crippen molar-refractivity contribution in [3.63, 3.8) is 0 Å². The van der Waals surface area contributed by atoms with Crippen molar-refractivity contribution < 1.29 is 22.7 Å². The Labute approximate surface area is 139 Å². The Morgan fingerprint density at radius 1 is 1.25 bits per heavy atom. The second-order valence-corrected chi connectivity index (χ2v) is 5.94. The smallest absolute Gasteiger partial charge is 0.412 e. The molecular weight excluding hydrogens is 323 g/mol. The molecule has 0 radical (unpaired) electrons. The Morgan fingerprint density at radius 2 is 1.83 bits per heavy atom. The zero-order valence-corrected chi connectivity index (χ0v) is 13.7. The highest BCUT2D eigenvalue weighted by atomic mass is 19.4. The quantitative estimate of drug-likeness (QED) is 0.882. The van der Waals surface area contributed by atoms with E-state index in [2.05, 4.69) is 10.2 Å². The van der Waals surface area contributed by atoms with Crippen molar-refractivity contribution in [2.45, 2.75) is 31.1 Å². The molecule has 1 heterocycles. The number of nitrogens with one attached hydrogen (secondary N) is 2. The monoisotopic (exact) mass is 345 g/mol. The average Bonchev–Trinajstić information content (AvgIpc) is 2.54. The highest BCUT2D eigenvalue weighted by molar-refractivity contribution is 5.75. The SMILES string of the molecule is COc1ccc([C@H](NC(=O)NC2CCN(C)CC2)C(F)(F)F)cc1. The maximum absolute atomic E-state index is 13.3. The number of hydrogen-bond acceptors (Lipinski definition) is 3. The van der Waals surface area contributed by atoms with Gasteiger partial charge in [-0.15, -0.1) is 0 Å². The number of urea groups is 1. The molecule has 1 saturated heterocycles. The first-order valence-electron chi connectivity index (χ1n) is 7.76. The molecule has 1 fully saturated rings. The van der Waals surface area contributed by atoms with Crippen LogP contribution in [0.4, 0.5) is 18.0 Å². The number of halogens is 3. The second kappa shape index (κ2) is 7.74. The first-order valence-corrected chi connectivity index (χ1v) is 7.76. The van der Waals surface area contributed by atoms with Crippen LogP contribution in [0.25, 0.3) is 0 Å². The predicted octanol–water partition coefficient (Wildman–Crippen LogP) is 2.69. The van der Waals surface area contributed by atoms with Gasteiger partial charge in [-0.3, -0.25) is 0 Å². The lowest BCUT2D eigenvalue weighted by Crippen LogP contribution is -2.49. The van der Waals surface area contributed by atoms with Crippen molar-refractivity contribution in [1.29, 1.82) is 0 Å². The summed E-state index contributed by atoms with van der Waals surface area (Å²) in [5.41, 5.74) is -0.0400. The molecule has 0 bridgehead atoms. The number of benzene rings is 1. The van der Waals surface area contributed by atoms with Crippen LogP contribution in [-0.4, -0.2) is 50.4 Å². The number of ether oxygens (including phenoxy) is 1. The van der Waals surface area contributed by atoms with Crippen molar-refractivity contribution in [1.82, 2.24) is 15.5 Å². The van der Waals surface area contributed by atoms with E-state index < -0.39 is 18.2 Å². The topological polar surface area (TPSA) is 53.6 Å². The number of hydrogen-bond donors (Lipinski definition) is 2. The highest BCUT2D eigenvalue weighted by Gasteiger charge is 2.42. The van der Waals surface area contributed by atoms with Gasteiger partial charge in [-0.1, -0.05) is 12.1 Å². The molecule has 1 atom stereocenters. The summed E-state index contributed by atoms with van der Waals surface area (Å²) in [6.45, 7) is 1.62. The van der Waals surface area contributed by atoms with Crippen molar-refractivity contribution in [2.24, 2.45) is 0 Å². The predicted molar refractivity (Wildman–Crippen MR) is 84.0 cm³/mol. The molecule has 1 aliphatic rings. The fourth-order valence-electron chi connectivity index (χ4n) is 2.66. The number of likely N-dealkylation sites (tertiary alicyclic amines) is 1. The fourth-order valence-corrected chi connectivity index (χ4v) is 2.66. The maximum Gasteiger partial charge on any atom is 0.412 e. The molecule has 24 heavy (non-hydrogen) atoms. The van der Waals surface area contributed by atoms with Crippen molar-refractivity contribution in [3.8, 4) is 5.75 Å². The molecule has 1 aliphatic heterocycles. The molecule has 2 rings (SSSR count). The lowest BCUT2D eigenvalue weighted by atomic mass is 10.1. The minimum Gasteiger partial charge on any atom is -0.497 e. The summed E-state index contributed by atoms with van der Waals surface area (Å²) >= 11 is 0. The minimum absolute atomic E-state index is 0.0400. The summed E-state index contributed by atoms with van der Waals surface area (Å²) in [5, 5.41) is 4.67. The van der Waals surface area contributed by atoms with Gasteiger partial charge in [0.25, 0.3) is 0 Å². The third-order valence-electron chi connectivity index (χ3n) is 4.11. The normalized spacial score (nSPS) is 18.0. The van der Waals surface area contributed by atoms with Crippen molar-refractivity contribution in [2.75, 3.05) is 27.2 Å².